The largest absolute Gasteiger partial charge is 0.363 e. The van der Waals surface area contributed by atoms with Gasteiger partial charge in [-0.1, -0.05) is 46.4 Å². The second-order valence-electron chi connectivity index (χ2n) is 2.28. The zero-order chi connectivity index (χ0) is 10.3. The van der Waals surface area contributed by atoms with Crippen molar-refractivity contribution in [3.8, 4) is 0 Å². The summed E-state index contributed by atoms with van der Waals surface area (Å²) in [6, 6.07) is 0. The number of methoxy groups -OCH3 is 1. The number of rotatable bonds is 2. The van der Waals surface area contributed by atoms with Gasteiger partial charge in [-0.15, -0.1) is 0 Å². The van der Waals surface area contributed by atoms with Crippen molar-refractivity contribution < 1.29 is 9.53 Å². The Morgan fingerprint density at radius 1 is 1.46 bits per heavy atom. The van der Waals surface area contributed by atoms with Crippen LogP contribution in [-0.4, -0.2) is 32.1 Å². The number of halogens is 4. The van der Waals surface area contributed by atoms with E-state index in [1.165, 1.54) is 11.4 Å². The Labute approximate surface area is 99.7 Å². The van der Waals surface area contributed by atoms with E-state index in [0.717, 1.165) is 11.9 Å². The van der Waals surface area contributed by atoms with Crippen LogP contribution in [0.2, 0.25) is 0 Å². The molecule has 0 saturated carbocycles. The second-order valence-corrected chi connectivity index (χ2v) is 6.62. The van der Waals surface area contributed by atoms with E-state index in [4.69, 9.17) is 51.1 Å². The number of ether oxygens (including phenoxy) is 1. The van der Waals surface area contributed by atoms with Crippen molar-refractivity contribution in [2.45, 2.75) is 8.00 Å². The molecule has 1 saturated heterocycles. The predicted molar refractivity (Wildman–Crippen MR) is 55.2 cm³/mol. The van der Waals surface area contributed by atoms with Crippen molar-refractivity contribution in [2.24, 2.45) is 0 Å². The first-order valence-corrected chi connectivity index (χ1v) is 5.37. The van der Waals surface area contributed by atoms with Gasteiger partial charge >= 0.3 is 0 Å². The Morgan fingerprint density at radius 3 is 2.31 bits per heavy atom. The average molecular weight is 285 g/mol. The fraction of sp³-hybridized carbons (Fsp3) is 0.800. The minimum atomic E-state index is -1.83. The molecule has 3 nitrogen and oxygen atoms in total. The van der Waals surface area contributed by atoms with E-state index in [1.807, 2.05) is 0 Å². The first-order valence-electron chi connectivity index (χ1n) is 3.08. The first kappa shape index (κ1) is 12.0. The summed E-state index contributed by atoms with van der Waals surface area (Å²) in [5, 5.41) is 0. The molecule has 0 spiro atoms. The van der Waals surface area contributed by atoms with E-state index in [0.29, 0.717) is 0 Å². The SMILES string of the molecule is COCN1SC(Cl)(Cl)C(Cl)(Cl)C1=O. The van der Waals surface area contributed by atoms with Crippen LogP contribution < -0.4 is 0 Å². The number of hydrogen-bond acceptors (Lipinski definition) is 3. The molecular formula is C5H5Cl4NO2S. The van der Waals surface area contributed by atoms with Crippen LogP contribution in [0.1, 0.15) is 0 Å². The summed E-state index contributed by atoms with van der Waals surface area (Å²) < 4.78 is 2.49. The molecule has 0 aromatic carbocycles. The predicted octanol–water partition coefficient (Wildman–Crippen LogP) is 2.39. The Balaban J connectivity index is 2.86. The van der Waals surface area contributed by atoms with Gasteiger partial charge in [-0.25, -0.2) is 0 Å². The molecule has 1 fully saturated rings. The summed E-state index contributed by atoms with van der Waals surface area (Å²) in [6.45, 7) is 0.0336. The molecule has 13 heavy (non-hydrogen) atoms. The first-order chi connectivity index (χ1) is 5.83. The van der Waals surface area contributed by atoms with Crippen LogP contribution in [0.25, 0.3) is 0 Å². The molecule has 0 unspecified atom stereocenters. The van der Waals surface area contributed by atoms with Gasteiger partial charge in [-0.3, -0.25) is 9.10 Å². The van der Waals surface area contributed by atoms with E-state index in [2.05, 4.69) is 0 Å². The maximum absolute atomic E-state index is 11.4. The van der Waals surface area contributed by atoms with Gasteiger partial charge in [0, 0.05) is 7.11 Å². The molecule has 1 heterocycles. The summed E-state index contributed by atoms with van der Waals surface area (Å²) in [6.07, 6.45) is 0. The third kappa shape index (κ3) is 1.98. The molecular weight excluding hydrogens is 280 g/mol. The molecule has 0 aromatic rings. The van der Waals surface area contributed by atoms with Crippen LogP contribution in [0, 0.1) is 0 Å². The molecule has 1 amide bonds. The van der Waals surface area contributed by atoms with Crippen LogP contribution in [0.5, 0.6) is 0 Å². The summed E-state index contributed by atoms with van der Waals surface area (Å²) >= 11 is 23.6. The van der Waals surface area contributed by atoms with E-state index in [-0.39, 0.29) is 6.73 Å². The zero-order valence-corrected chi connectivity index (χ0v) is 10.2. The van der Waals surface area contributed by atoms with Gasteiger partial charge < -0.3 is 4.74 Å². The van der Waals surface area contributed by atoms with Gasteiger partial charge in [0.15, 0.2) is 0 Å². The minimum absolute atomic E-state index is 0.0336. The molecule has 76 valence electrons. The number of amides is 1. The quantitative estimate of drug-likeness (QED) is 0.576. The Morgan fingerprint density at radius 2 is 2.00 bits per heavy atom. The van der Waals surface area contributed by atoms with Gasteiger partial charge in [0.05, 0.1) is 0 Å². The van der Waals surface area contributed by atoms with Gasteiger partial charge in [-0.05, 0) is 11.9 Å². The second kappa shape index (κ2) is 3.83. The molecule has 1 aliphatic heterocycles. The summed E-state index contributed by atoms with van der Waals surface area (Å²) in [7, 11) is 1.43. The molecule has 0 bridgehead atoms. The van der Waals surface area contributed by atoms with E-state index >= 15 is 0 Å². The van der Waals surface area contributed by atoms with E-state index < -0.39 is 13.9 Å². The summed E-state index contributed by atoms with van der Waals surface area (Å²) in [5.74, 6) is -0.576. The molecule has 8 heteroatoms. The number of hydrogen-bond donors (Lipinski definition) is 0. The van der Waals surface area contributed by atoms with Crippen LogP contribution in [0.4, 0.5) is 0 Å². The van der Waals surface area contributed by atoms with Crippen molar-refractivity contribution in [3.05, 3.63) is 0 Å². The monoisotopic (exact) mass is 283 g/mol. The highest BCUT2D eigenvalue weighted by molar-refractivity contribution is 8.02. The molecule has 1 rings (SSSR count). The highest BCUT2D eigenvalue weighted by Crippen LogP contribution is 2.58. The number of nitrogens with zero attached hydrogens (tertiary/aromatic N) is 1. The Kier molecular flexibility index (Phi) is 3.54. The fourth-order valence-corrected chi connectivity index (χ4v) is 2.75. The van der Waals surface area contributed by atoms with Crippen molar-refractivity contribution in [1.29, 1.82) is 0 Å². The number of carbonyl (C=O) groups excluding carboxylic acids is 1. The molecule has 1 aliphatic rings. The van der Waals surface area contributed by atoms with Crippen molar-refractivity contribution in [3.63, 3.8) is 0 Å². The lowest BCUT2D eigenvalue weighted by Crippen LogP contribution is -2.37. The highest BCUT2D eigenvalue weighted by Gasteiger charge is 2.63. The Bertz CT molecular complexity index is 235. The summed E-state index contributed by atoms with van der Waals surface area (Å²) in [5.41, 5.74) is 0. The molecule has 0 atom stereocenters. The minimum Gasteiger partial charge on any atom is -0.363 e. The zero-order valence-electron chi connectivity index (χ0n) is 6.39. The van der Waals surface area contributed by atoms with Gasteiger partial charge in [0.2, 0.25) is 8.00 Å². The fourth-order valence-electron chi connectivity index (χ4n) is 0.721. The van der Waals surface area contributed by atoms with Crippen LogP contribution in [-0.2, 0) is 9.53 Å². The third-order valence-corrected chi connectivity index (χ3v) is 4.84. The van der Waals surface area contributed by atoms with Crippen molar-refractivity contribution in [1.82, 2.24) is 4.31 Å². The van der Waals surface area contributed by atoms with Crippen LogP contribution in [0.3, 0.4) is 0 Å². The van der Waals surface area contributed by atoms with Crippen molar-refractivity contribution >= 4 is 64.3 Å². The third-order valence-electron chi connectivity index (χ3n) is 1.33. The molecule has 0 N–H and O–H groups in total. The molecule has 0 radical (unpaired) electrons. The standard InChI is InChI=1S/C5H5Cl4NO2S/c1-12-2-10-3(11)4(6,7)5(8,9)13-10/h2H2,1H3. The molecule has 0 aliphatic carbocycles. The van der Waals surface area contributed by atoms with Crippen LogP contribution in [0.15, 0.2) is 0 Å². The lowest BCUT2D eigenvalue weighted by atomic mass is 10.4. The van der Waals surface area contributed by atoms with Gasteiger partial charge in [0.25, 0.3) is 5.91 Å². The number of carbonyl (C=O) groups is 1. The van der Waals surface area contributed by atoms with Gasteiger partial charge in [-0.2, -0.15) is 0 Å². The number of alkyl halides is 4. The maximum atomic E-state index is 11.4. The normalized spacial score (nSPS) is 25.3. The summed E-state index contributed by atoms with van der Waals surface area (Å²) in [4.78, 5) is 11.4. The van der Waals surface area contributed by atoms with Gasteiger partial charge in [0.1, 0.15) is 6.73 Å². The topological polar surface area (TPSA) is 29.5 Å². The average Bonchev–Trinajstić information content (AvgIpc) is 2.13. The molecule has 0 aromatic heterocycles. The van der Waals surface area contributed by atoms with E-state index in [9.17, 15) is 4.79 Å². The lowest BCUT2D eigenvalue weighted by Gasteiger charge is -2.18. The van der Waals surface area contributed by atoms with Crippen molar-refractivity contribution in [2.75, 3.05) is 13.8 Å². The maximum Gasteiger partial charge on any atom is 0.275 e. The Hall–Kier alpha value is 0.940. The van der Waals surface area contributed by atoms with Crippen LogP contribution >= 0.6 is 58.4 Å². The lowest BCUT2D eigenvalue weighted by molar-refractivity contribution is -0.128. The smallest absolute Gasteiger partial charge is 0.275 e. The highest BCUT2D eigenvalue weighted by atomic mass is 35.5. The van der Waals surface area contributed by atoms with E-state index in [1.54, 1.807) is 0 Å².